The molecule has 1 unspecified atom stereocenters. The maximum absolute atomic E-state index is 9.00. The van der Waals surface area contributed by atoms with E-state index in [0.717, 1.165) is 25.7 Å². The number of aliphatic carboxylic acids is 1. The molecule has 3 heteroatoms. The van der Waals surface area contributed by atoms with Crippen molar-refractivity contribution >= 4 is 5.97 Å². The molecule has 0 rings (SSSR count). The average Bonchev–Trinajstić information content (AvgIpc) is 2.64. The molecule has 0 aliphatic carbocycles. The van der Waals surface area contributed by atoms with Gasteiger partial charge in [-0.3, -0.25) is 4.79 Å². The van der Waals surface area contributed by atoms with E-state index in [2.05, 4.69) is 27.7 Å². The first-order valence-electron chi connectivity index (χ1n) is 11.9. The highest BCUT2D eigenvalue weighted by molar-refractivity contribution is 5.62. The summed E-state index contributed by atoms with van der Waals surface area (Å²) in [5.41, 5.74) is 6.79. The molecule has 0 spiro atoms. The van der Waals surface area contributed by atoms with Crippen molar-refractivity contribution in [3.05, 3.63) is 0 Å². The highest BCUT2D eigenvalue weighted by Crippen LogP contribution is 2.31. The summed E-state index contributed by atoms with van der Waals surface area (Å²) in [5.74, 6) is -0.0912. The third-order valence-corrected chi connectivity index (χ3v) is 5.94. The van der Waals surface area contributed by atoms with Gasteiger partial charge < -0.3 is 10.8 Å². The fraction of sp³-hybridized carbons (Fsp3) is 0.958. The van der Waals surface area contributed by atoms with Crippen LogP contribution in [0.3, 0.4) is 0 Å². The van der Waals surface area contributed by atoms with E-state index in [0.29, 0.717) is 0 Å². The summed E-state index contributed by atoms with van der Waals surface area (Å²) in [6, 6.07) is 0. The number of nitrogens with two attached hydrogens (primary N) is 1. The van der Waals surface area contributed by atoms with Crippen LogP contribution in [0.25, 0.3) is 0 Å². The van der Waals surface area contributed by atoms with Crippen molar-refractivity contribution in [2.45, 2.75) is 143 Å². The molecule has 0 aromatic rings. The zero-order chi connectivity index (χ0) is 21.0. The lowest BCUT2D eigenvalue weighted by Gasteiger charge is -2.36. The number of hydrogen-bond donors (Lipinski definition) is 2. The van der Waals surface area contributed by atoms with Gasteiger partial charge in [0.25, 0.3) is 5.97 Å². The van der Waals surface area contributed by atoms with Crippen LogP contribution in [0.15, 0.2) is 0 Å². The Morgan fingerprint density at radius 2 is 1.07 bits per heavy atom. The SMILES string of the molecule is CC(=O)O.CCCCCCCCCCCCC(CCCC)C(N)(CC)CC. The van der Waals surface area contributed by atoms with Crippen LogP contribution in [0.5, 0.6) is 0 Å². The van der Waals surface area contributed by atoms with Crippen molar-refractivity contribution in [1.29, 1.82) is 0 Å². The second-order valence-electron chi connectivity index (χ2n) is 8.27. The highest BCUT2D eigenvalue weighted by atomic mass is 16.4. The van der Waals surface area contributed by atoms with Crippen LogP contribution >= 0.6 is 0 Å². The van der Waals surface area contributed by atoms with E-state index in [4.69, 9.17) is 15.6 Å². The number of carboxylic acid groups (broad SMARTS) is 1. The summed E-state index contributed by atoms with van der Waals surface area (Å²) in [6.45, 7) is 10.2. The predicted octanol–water partition coefficient (Wildman–Crippen LogP) is 7.71. The van der Waals surface area contributed by atoms with Crippen molar-refractivity contribution in [3.8, 4) is 0 Å². The lowest BCUT2D eigenvalue weighted by atomic mass is 9.75. The van der Waals surface area contributed by atoms with Crippen LogP contribution in [0, 0.1) is 5.92 Å². The molecule has 0 aromatic carbocycles. The van der Waals surface area contributed by atoms with Gasteiger partial charge in [0.2, 0.25) is 0 Å². The van der Waals surface area contributed by atoms with Gasteiger partial charge in [0.05, 0.1) is 0 Å². The normalized spacial score (nSPS) is 12.4. The van der Waals surface area contributed by atoms with Crippen LogP contribution in [-0.4, -0.2) is 16.6 Å². The molecule has 0 bridgehead atoms. The maximum Gasteiger partial charge on any atom is 0.300 e. The van der Waals surface area contributed by atoms with Crippen LogP contribution in [0.4, 0.5) is 0 Å². The molecule has 0 saturated heterocycles. The molecule has 0 heterocycles. The van der Waals surface area contributed by atoms with Gasteiger partial charge in [-0.15, -0.1) is 0 Å². The fourth-order valence-electron chi connectivity index (χ4n) is 3.88. The first kappa shape index (κ1) is 28.6. The van der Waals surface area contributed by atoms with Crippen molar-refractivity contribution in [3.63, 3.8) is 0 Å². The Morgan fingerprint density at radius 1 is 0.741 bits per heavy atom. The Hall–Kier alpha value is -0.570. The Kier molecular flexibility index (Phi) is 21.4. The van der Waals surface area contributed by atoms with Gasteiger partial charge in [0, 0.05) is 12.5 Å². The standard InChI is InChI=1S/C22H47N.C2H4O2/c1-5-9-11-12-13-14-15-16-17-18-20-21(19-10-6-2)22(23,7-3)8-4;1-2(3)4/h21H,5-20,23H2,1-4H3;1H3,(H,3,4). The number of rotatable bonds is 17. The van der Waals surface area contributed by atoms with Crippen molar-refractivity contribution in [2.75, 3.05) is 0 Å². The summed E-state index contributed by atoms with van der Waals surface area (Å²) >= 11 is 0. The van der Waals surface area contributed by atoms with E-state index in [1.54, 1.807) is 0 Å². The Morgan fingerprint density at radius 3 is 1.44 bits per heavy atom. The minimum Gasteiger partial charge on any atom is -0.481 e. The quantitative estimate of drug-likeness (QED) is 0.252. The van der Waals surface area contributed by atoms with Crippen LogP contribution in [-0.2, 0) is 4.79 Å². The molecule has 0 aliphatic heterocycles. The summed E-state index contributed by atoms with van der Waals surface area (Å²) in [4.78, 5) is 9.00. The number of carboxylic acids is 1. The largest absolute Gasteiger partial charge is 0.481 e. The molecule has 1 atom stereocenters. The lowest BCUT2D eigenvalue weighted by Crippen LogP contribution is -2.46. The number of carbonyl (C=O) groups is 1. The van der Waals surface area contributed by atoms with Crippen molar-refractivity contribution < 1.29 is 9.90 Å². The molecule has 0 amide bonds. The molecule has 0 radical (unpaired) electrons. The van der Waals surface area contributed by atoms with Crippen LogP contribution in [0.2, 0.25) is 0 Å². The molecule has 27 heavy (non-hydrogen) atoms. The molecule has 0 aliphatic rings. The molecule has 3 N–H and O–H groups in total. The molecule has 0 aromatic heterocycles. The minimum atomic E-state index is -0.833. The third-order valence-electron chi connectivity index (χ3n) is 5.94. The molecule has 3 nitrogen and oxygen atoms in total. The summed E-state index contributed by atoms with van der Waals surface area (Å²) in [5, 5.41) is 7.42. The van der Waals surface area contributed by atoms with Crippen molar-refractivity contribution in [1.82, 2.24) is 0 Å². The van der Waals surface area contributed by atoms with E-state index in [1.807, 2.05) is 0 Å². The summed E-state index contributed by atoms with van der Waals surface area (Å²) in [6.07, 6.45) is 21.9. The van der Waals surface area contributed by atoms with Gasteiger partial charge >= 0.3 is 0 Å². The van der Waals surface area contributed by atoms with E-state index in [9.17, 15) is 0 Å². The lowest BCUT2D eigenvalue weighted by molar-refractivity contribution is -0.134. The van der Waals surface area contributed by atoms with Gasteiger partial charge in [-0.25, -0.2) is 0 Å². The fourth-order valence-corrected chi connectivity index (χ4v) is 3.88. The molecule has 164 valence electrons. The number of hydrogen-bond acceptors (Lipinski definition) is 2. The van der Waals surface area contributed by atoms with E-state index in [1.165, 1.54) is 89.9 Å². The van der Waals surface area contributed by atoms with Crippen LogP contribution < -0.4 is 5.73 Å². The highest BCUT2D eigenvalue weighted by Gasteiger charge is 2.30. The number of unbranched alkanes of at least 4 members (excludes halogenated alkanes) is 10. The van der Waals surface area contributed by atoms with E-state index < -0.39 is 5.97 Å². The van der Waals surface area contributed by atoms with Gasteiger partial charge in [-0.1, -0.05) is 105 Å². The Bertz CT molecular complexity index is 310. The first-order chi connectivity index (χ1) is 12.9. The zero-order valence-electron chi connectivity index (χ0n) is 19.3. The second kappa shape index (κ2) is 20.2. The Balaban J connectivity index is 0. The predicted molar refractivity (Wildman–Crippen MR) is 120 cm³/mol. The second-order valence-corrected chi connectivity index (χ2v) is 8.27. The smallest absolute Gasteiger partial charge is 0.300 e. The van der Waals surface area contributed by atoms with Crippen LogP contribution in [0.1, 0.15) is 137 Å². The third kappa shape index (κ3) is 18.6. The summed E-state index contributed by atoms with van der Waals surface area (Å²) in [7, 11) is 0. The van der Waals surface area contributed by atoms with Gasteiger partial charge in [0.15, 0.2) is 0 Å². The zero-order valence-corrected chi connectivity index (χ0v) is 19.3. The van der Waals surface area contributed by atoms with E-state index in [-0.39, 0.29) is 5.54 Å². The van der Waals surface area contributed by atoms with Gasteiger partial charge in [-0.2, -0.15) is 0 Å². The van der Waals surface area contributed by atoms with Crippen molar-refractivity contribution in [2.24, 2.45) is 11.7 Å². The van der Waals surface area contributed by atoms with E-state index >= 15 is 0 Å². The maximum atomic E-state index is 9.00. The average molecular weight is 386 g/mol. The van der Waals surface area contributed by atoms with Gasteiger partial charge in [0.1, 0.15) is 0 Å². The topological polar surface area (TPSA) is 63.3 Å². The minimum absolute atomic E-state index is 0.0917. The first-order valence-corrected chi connectivity index (χ1v) is 11.9. The summed E-state index contributed by atoms with van der Waals surface area (Å²) < 4.78 is 0. The molecule has 0 saturated carbocycles. The Labute approximate surface area is 170 Å². The molecule has 0 fully saturated rings. The molecular weight excluding hydrogens is 334 g/mol. The molecular formula is C24H51NO2. The van der Waals surface area contributed by atoms with Gasteiger partial charge in [-0.05, 0) is 31.6 Å². The monoisotopic (exact) mass is 385 g/mol.